The summed E-state index contributed by atoms with van der Waals surface area (Å²) in [5.74, 6) is 0.474. The van der Waals surface area contributed by atoms with Crippen LogP contribution in [0.5, 0.6) is 0 Å². The number of carbonyl (C=O) groups excluding carboxylic acids is 1. The first-order chi connectivity index (χ1) is 15.7. The van der Waals surface area contributed by atoms with E-state index in [1.165, 1.54) is 16.5 Å². The van der Waals surface area contributed by atoms with E-state index in [-0.39, 0.29) is 11.9 Å². The molecule has 4 rings (SSSR count). The van der Waals surface area contributed by atoms with Crippen molar-refractivity contribution in [3.8, 4) is 0 Å². The van der Waals surface area contributed by atoms with Gasteiger partial charge in [0.25, 0.3) is 0 Å². The van der Waals surface area contributed by atoms with Gasteiger partial charge in [0.2, 0.25) is 5.91 Å². The monoisotopic (exact) mass is 446 g/mol. The molecule has 3 heterocycles. The molecular formula is C28H38N4O. The predicted octanol–water partition coefficient (Wildman–Crippen LogP) is 5.73. The van der Waals surface area contributed by atoms with Gasteiger partial charge in [0.15, 0.2) is 0 Å². The standard InChI is InChI=1S/C28H38N4O/c1-20(2)32-19-22(23-10-6-7-12-25(23)32)18-31-16-13-21(14-17-31)26(24-11-8-9-15-29-24)30-27(33)28(3,4)5/h6-12,15,19-21,26H,13-14,16-18H2,1-5H3,(H,30,33)/t26-/m0/s1. The fourth-order valence-electron chi connectivity index (χ4n) is 4.87. The van der Waals surface area contributed by atoms with Gasteiger partial charge in [-0.05, 0) is 69.5 Å². The number of para-hydroxylation sites is 1. The zero-order valence-corrected chi connectivity index (χ0v) is 20.7. The molecule has 5 nitrogen and oxygen atoms in total. The number of rotatable bonds is 6. The van der Waals surface area contributed by atoms with E-state index in [9.17, 15) is 4.79 Å². The lowest BCUT2D eigenvalue weighted by Gasteiger charge is -2.37. The van der Waals surface area contributed by atoms with Crippen LogP contribution in [0.2, 0.25) is 0 Å². The number of hydrogen-bond donors (Lipinski definition) is 1. The first-order valence-electron chi connectivity index (χ1n) is 12.3. The van der Waals surface area contributed by atoms with Crippen molar-refractivity contribution < 1.29 is 4.79 Å². The van der Waals surface area contributed by atoms with Gasteiger partial charge in [0, 0.05) is 41.3 Å². The Bertz CT molecular complexity index is 1070. The highest BCUT2D eigenvalue weighted by molar-refractivity contribution is 5.84. The summed E-state index contributed by atoms with van der Waals surface area (Å²) >= 11 is 0. The lowest BCUT2D eigenvalue weighted by atomic mass is 9.85. The average Bonchev–Trinajstić information content (AvgIpc) is 3.17. The summed E-state index contributed by atoms with van der Waals surface area (Å²) < 4.78 is 2.39. The van der Waals surface area contributed by atoms with Gasteiger partial charge in [-0.2, -0.15) is 0 Å². The van der Waals surface area contributed by atoms with Crippen molar-refractivity contribution in [2.24, 2.45) is 11.3 Å². The smallest absolute Gasteiger partial charge is 0.225 e. The first-order valence-corrected chi connectivity index (χ1v) is 12.3. The van der Waals surface area contributed by atoms with Crippen LogP contribution in [-0.4, -0.2) is 33.4 Å². The zero-order valence-electron chi connectivity index (χ0n) is 20.7. The molecule has 176 valence electrons. The van der Waals surface area contributed by atoms with Crippen molar-refractivity contribution in [1.29, 1.82) is 0 Å². The molecule has 1 atom stereocenters. The summed E-state index contributed by atoms with van der Waals surface area (Å²) in [5, 5.41) is 4.68. The van der Waals surface area contributed by atoms with Crippen LogP contribution in [-0.2, 0) is 11.3 Å². The van der Waals surface area contributed by atoms with Crippen molar-refractivity contribution in [3.05, 3.63) is 66.1 Å². The molecule has 0 radical (unpaired) electrons. The maximum Gasteiger partial charge on any atom is 0.225 e. The highest BCUT2D eigenvalue weighted by Gasteiger charge is 2.32. The number of fused-ring (bicyclic) bond motifs is 1. The van der Waals surface area contributed by atoms with Gasteiger partial charge >= 0.3 is 0 Å². The normalized spacial score (nSPS) is 16.9. The van der Waals surface area contributed by atoms with E-state index in [2.05, 4.69) is 64.1 Å². The SMILES string of the molecule is CC(C)n1cc(CN2CCC([C@H](NC(=O)C(C)(C)C)c3ccccn3)CC2)c2ccccc21. The zero-order chi connectivity index (χ0) is 23.6. The third-order valence-electron chi connectivity index (χ3n) is 6.85. The third kappa shape index (κ3) is 5.30. The van der Waals surface area contributed by atoms with Gasteiger partial charge in [-0.25, -0.2) is 0 Å². The third-order valence-corrected chi connectivity index (χ3v) is 6.85. The van der Waals surface area contributed by atoms with E-state index in [0.29, 0.717) is 12.0 Å². The molecule has 0 aliphatic carbocycles. The number of pyridine rings is 1. The van der Waals surface area contributed by atoms with Crippen molar-refractivity contribution >= 4 is 16.8 Å². The fourth-order valence-corrected chi connectivity index (χ4v) is 4.87. The van der Waals surface area contributed by atoms with Crippen molar-refractivity contribution in [1.82, 2.24) is 19.8 Å². The Labute approximate surface area is 198 Å². The molecule has 0 unspecified atom stereocenters. The highest BCUT2D eigenvalue weighted by Crippen LogP contribution is 2.33. The Balaban J connectivity index is 1.47. The van der Waals surface area contributed by atoms with E-state index in [1.54, 1.807) is 0 Å². The molecule has 1 aliphatic heterocycles. The molecule has 0 spiro atoms. The van der Waals surface area contributed by atoms with Gasteiger partial charge < -0.3 is 9.88 Å². The van der Waals surface area contributed by atoms with Crippen LogP contribution in [0.3, 0.4) is 0 Å². The van der Waals surface area contributed by atoms with E-state index in [0.717, 1.165) is 38.2 Å². The molecule has 1 saturated heterocycles. The summed E-state index contributed by atoms with van der Waals surface area (Å²) in [6, 6.07) is 15.1. The van der Waals surface area contributed by atoms with E-state index in [4.69, 9.17) is 0 Å². The van der Waals surface area contributed by atoms with E-state index < -0.39 is 5.41 Å². The molecule has 2 aromatic heterocycles. The Hall–Kier alpha value is -2.66. The second-order valence-electron chi connectivity index (χ2n) is 10.7. The molecule has 33 heavy (non-hydrogen) atoms. The second kappa shape index (κ2) is 9.68. The number of hydrogen-bond acceptors (Lipinski definition) is 3. The van der Waals surface area contributed by atoms with Crippen molar-refractivity contribution in [3.63, 3.8) is 0 Å². The summed E-state index contributed by atoms with van der Waals surface area (Å²) in [6.45, 7) is 13.4. The highest BCUT2D eigenvalue weighted by atomic mass is 16.2. The quantitative estimate of drug-likeness (QED) is 0.526. The van der Waals surface area contributed by atoms with E-state index in [1.807, 2.05) is 45.2 Å². The molecular weight excluding hydrogens is 408 g/mol. The predicted molar refractivity (Wildman–Crippen MR) is 135 cm³/mol. The minimum atomic E-state index is -0.418. The molecule has 1 fully saturated rings. The fraction of sp³-hybridized carbons (Fsp3) is 0.500. The second-order valence-corrected chi connectivity index (χ2v) is 10.7. The number of likely N-dealkylation sites (tertiary alicyclic amines) is 1. The summed E-state index contributed by atoms with van der Waals surface area (Å²) in [6.07, 6.45) is 6.26. The topological polar surface area (TPSA) is 50.2 Å². The van der Waals surface area contributed by atoms with Crippen molar-refractivity contribution in [2.45, 2.75) is 66.1 Å². The molecule has 1 N–H and O–H groups in total. The number of nitrogens with one attached hydrogen (secondary N) is 1. The van der Waals surface area contributed by atoms with Crippen LogP contribution in [0.25, 0.3) is 10.9 Å². The number of benzene rings is 1. The van der Waals surface area contributed by atoms with Crippen molar-refractivity contribution in [2.75, 3.05) is 13.1 Å². The number of piperidine rings is 1. The van der Waals surface area contributed by atoms with Crippen LogP contribution in [0, 0.1) is 11.3 Å². The van der Waals surface area contributed by atoms with Gasteiger partial charge in [-0.3, -0.25) is 14.7 Å². The Morgan fingerprint density at radius 3 is 2.42 bits per heavy atom. The summed E-state index contributed by atoms with van der Waals surface area (Å²) in [4.78, 5) is 20.0. The lowest BCUT2D eigenvalue weighted by Crippen LogP contribution is -2.44. The van der Waals surface area contributed by atoms with Crippen LogP contribution in [0.4, 0.5) is 0 Å². The average molecular weight is 447 g/mol. The largest absolute Gasteiger partial charge is 0.347 e. The van der Waals surface area contributed by atoms with Gasteiger partial charge in [-0.15, -0.1) is 0 Å². The van der Waals surface area contributed by atoms with Crippen LogP contribution >= 0.6 is 0 Å². The van der Waals surface area contributed by atoms with Crippen LogP contribution in [0.15, 0.2) is 54.9 Å². The Kier molecular flexibility index (Phi) is 6.89. The van der Waals surface area contributed by atoms with Gasteiger partial charge in [-0.1, -0.05) is 45.0 Å². The summed E-state index contributed by atoms with van der Waals surface area (Å²) in [5.41, 5.74) is 3.27. The molecule has 1 aromatic carbocycles. The first kappa shape index (κ1) is 23.5. The molecule has 5 heteroatoms. The van der Waals surface area contributed by atoms with Crippen LogP contribution < -0.4 is 5.32 Å². The molecule has 0 saturated carbocycles. The van der Waals surface area contributed by atoms with Gasteiger partial charge in [0.05, 0.1) is 11.7 Å². The minimum absolute atomic E-state index is 0.0390. The maximum absolute atomic E-state index is 12.8. The number of carbonyl (C=O) groups is 1. The summed E-state index contributed by atoms with van der Waals surface area (Å²) in [7, 11) is 0. The molecule has 3 aromatic rings. The Morgan fingerprint density at radius 1 is 1.09 bits per heavy atom. The van der Waals surface area contributed by atoms with E-state index >= 15 is 0 Å². The molecule has 1 aliphatic rings. The number of nitrogens with zero attached hydrogens (tertiary/aromatic N) is 3. The molecule has 0 bridgehead atoms. The van der Waals surface area contributed by atoms with Crippen LogP contribution in [0.1, 0.15) is 70.8 Å². The lowest BCUT2D eigenvalue weighted by molar-refractivity contribution is -0.129. The number of amides is 1. The Morgan fingerprint density at radius 2 is 1.79 bits per heavy atom. The number of aromatic nitrogens is 2. The maximum atomic E-state index is 12.8. The minimum Gasteiger partial charge on any atom is -0.347 e. The van der Waals surface area contributed by atoms with Gasteiger partial charge in [0.1, 0.15) is 0 Å². The molecule has 1 amide bonds.